The summed E-state index contributed by atoms with van der Waals surface area (Å²) in [4.78, 5) is 26.2. The lowest BCUT2D eigenvalue weighted by Gasteiger charge is -2.30. The minimum Gasteiger partial charge on any atom is -0.383 e. The third-order valence-corrected chi connectivity index (χ3v) is 4.87. The monoisotopic (exact) mass is 387 g/mol. The van der Waals surface area contributed by atoms with E-state index in [-0.39, 0.29) is 24.3 Å². The Labute approximate surface area is 157 Å². The first-order valence-electron chi connectivity index (χ1n) is 8.23. The van der Waals surface area contributed by atoms with Gasteiger partial charge in [0, 0.05) is 25.3 Å². The molecule has 0 unspecified atom stereocenters. The summed E-state index contributed by atoms with van der Waals surface area (Å²) < 4.78 is 4.92. The van der Waals surface area contributed by atoms with Gasteiger partial charge < -0.3 is 15.4 Å². The van der Waals surface area contributed by atoms with E-state index in [1.54, 1.807) is 25.3 Å². The van der Waals surface area contributed by atoms with Crippen molar-refractivity contribution in [2.45, 2.75) is 12.8 Å². The number of ether oxygens (including phenoxy) is 1. The maximum Gasteiger partial charge on any atom is 0.238 e. The van der Waals surface area contributed by atoms with Crippen LogP contribution in [0.2, 0.25) is 10.0 Å². The van der Waals surface area contributed by atoms with Gasteiger partial charge in [-0.25, -0.2) is 0 Å². The quantitative estimate of drug-likeness (QED) is 0.704. The van der Waals surface area contributed by atoms with Gasteiger partial charge in [0.05, 0.1) is 23.2 Å². The minimum atomic E-state index is -0.110. The third-order valence-electron chi connectivity index (χ3n) is 4.13. The molecule has 1 aromatic carbocycles. The van der Waals surface area contributed by atoms with Gasteiger partial charge in [-0.15, -0.1) is 0 Å². The van der Waals surface area contributed by atoms with E-state index in [9.17, 15) is 9.59 Å². The van der Waals surface area contributed by atoms with Crippen LogP contribution >= 0.6 is 23.2 Å². The number of nitrogens with zero attached hydrogens (tertiary/aromatic N) is 1. The van der Waals surface area contributed by atoms with Crippen molar-refractivity contribution >= 4 is 40.7 Å². The summed E-state index contributed by atoms with van der Waals surface area (Å²) in [5.41, 5.74) is 0.617. The molecule has 2 rings (SSSR count). The minimum absolute atomic E-state index is 0.00578. The van der Waals surface area contributed by atoms with Crippen molar-refractivity contribution in [1.29, 1.82) is 0 Å². The molecule has 0 aliphatic carbocycles. The molecule has 138 valence electrons. The second kappa shape index (κ2) is 9.97. The molecule has 0 saturated carbocycles. The standard InChI is InChI=1S/C17H23Cl2N3O3/c1-25-9-6-20-17(24)12-4-7-22(8-5-12)11-16(23)21-13-2-3-14(18)15(19)10-13/h2-3,10,12H,4-9,11H2,1H3,(H,20,24)(H,21,23). The Morgan fingerprint density at radius 1 is 1.24 bits per heavy atom. The Hall–Kier alpha value is -1.34. The second-order valence-electron chi connectivity index (χ2n) is 6.01. The number of amides is 2. The fraction of sp³-hybridized carbons (Fsp3) is 0.529. The molecular formula is C17H23Cl2N3O3. The van der Waals surface area contributed by atoms with Gasteiger partial charge in [0.15, 0.2) is 0 Å². The maximum absolute atomic E-state index is 12.1. The molecule has 1 saturated heterocycles. The number of likely N-dealkylation sites (tertiary alicyclic amines) is 1. The number of rotatable bonds is 7. The third kappa shape index (κ3) is 6.47. The second-order valence-corrected chi connectivity index (χ2v) is 6.83. The van der Waals surface area contributed by atoms with Crippen LogP contribution in [-0.2, 0) is 14.3 Å². The predicted molar refractivity (Wildman–Crippen MR) is 99.1 cm³/mol. The summed E-state index contributed by atoms with van der Waals surface area (Å²) in [5, 5.41) is 6.53. The van der Waals surface area contributed by atoms with Crippen LogP contribution in [0, 0.1) is 5.92 Å². The Balaban J connectivity index is 1.73. The number of benzene rings is 1. The van der Waals surface area contributed by atoms with Crippen molar-refractivity contribution in [1.82, 2.24) is 10.2 Å². The molecule has 0 aromatic heterocycles. The van der Waals surface area contributed by atoms with Gasteiger partial charge in [-0.1, -0.05) is 23.2 Å². The first kappa shape index (κ1) is 20.0. The molecule has 1 aliphatic rings. The maximum atomic E-state index is 12.1. The summed E-state index contributed by atoms with van der Waals surface area (Å²) in [6.07, 6.45) is 1.50. The van der Waals surface area contributed by atoms with Crippen LogP contribution in [0.25, 0.3) is 0 Å². The van der Waals surface area contributed by atoms with Crippen LogP contribution in [-0.4, -0.2) is 56.6 Å². The normalized spacial score (nSPS) is 15.8. The zero-order chi connectivity index (χ0) is 18.2. The van der Waals surface area contributed by atoms with E-state index in [1.165, 1.54) is 0 Å². The highest BCUT2D eigenvalue weighted by Gasteiger charge is 2.25. The van der Waals surface area contributed by atoms with E-state index < -0.39 is 0 Å². The number of hydrogen-bond acceptors (Lipinski definition) is 4. The lowest BCUT2D eigenvalue weighted by atomic mass is 9.96. The summed E-state index contributed by atoms with van der Waals surface area (Å²) in [7, 11) is 1.60. The van der Waals surface area contributed by atoms with E-state index in [0.29, 0.717) is 28.9 Å². The Kier molecular flexibility index (Phi) is 7.96. The highest BCUT2D eigenvalue weighted by molar-refractivity contribution is 6.42. The van der Waals surface area contributed by atoms with Gasteiger partial charge in [0.2, 0.25) is 11.8 Å². The molecule has 0 spiro atoms. The number of nitrogens with one attached hydrogen (secondary N) is 2. The van der Waals surface area contributed by atoms with Crippen LogP contribution in [0.15, 0.2) is 18.2 Å². The molecule has 0 atom stereocenters. The molecule has 1 heterocycles. The van der Waals surface area contributed by atoms with E-state index in [0.717, 1.165) is 25.9 Å². The van der Waals surface area contributed by atoms with E-state index in [2.05, 4.69) is 10.6 Å². The smallest absolute Gasteiger partial charge is 0.238 e. The number of anilines is 1. The molecule has 1 fully saturated rings. The van der Waals surface area contributed by atoms with Crippen LogP contribution < -0.4 is 10.6 Å². The molecule has 0 radical (unpaired) electrons. The Morgan fingerprint density at radius 2 is 1.96 bits per heavy atom. The summed E-state index contributed by atoms with van der Waals surface area (Å²) in [5.74, 6) is -0.0374. The molecule has 2 amide bonds. The van der Waals surface area contributed by atoms with Crippen molar-refractivity contribution < 1.29 is 14.3 Å². The average molecular weight is 388 g/mol. The van der Waals surface area contributed by atoms with Gasteiger partial charge in [0.25, 0.3) is 0 Å². The Morgan fingerprint density at radius 3 is 2.60 bits per heavy atom. The SMILES string of the molecule is COCCNC(=O)C1CCN(CC(=O)Nc2ccc(Cl)c(Cl)c2)CC1. The van der Waals surface area contributed by atoms with Crippen molar-refractivity contribution in [3.05, 3.63) is 28.2 Å². The number of hydrogen-bond donors (Lipinski definition) is 2. The highest BCUT2D eigenvalue weighted by Crippen LogP contribution is 2.25. The fourth-order valence-corrected chi connectivity index (χ4v) is 3.05. The number of carbonyl (C=O) groups is 2. The zero-order valence-corrected chi connectivity index (χ0v) is 15.7. The molecular weight excluding hydrogens is 365 g/mol. The molecule has 0 bridgehead atoms. The van der Waals surface area contributed by atoms with E-state index >= 15 is 0 Å². The van der Waals surface area contributed by atoms with Crippen LogP contribution in [0.4, 0.5) is 5.69 Å². The summed E-state index contributed by atoms with van der Waals surface area (Å²) in [6.45, 7) is 2.77. The van der Waals surface area contributed by atoms with Gasteiger partial charge in [-0.3, -0.25) is 14.5 Å². The predicted octanol–water partition coefficient (Wildman–Crippen LogP) is 2.41. The molecule has 8 heteroatoms. The average Bonchev–Trinajstić information content (AvgIpc) is 2.59. The molecule has 1 aliphatic heterocycles. The van der Waals surface area contributed by atoms with Crippen LogP contribution in [0.3, 0.4) is 0 Å². The number of halogens is 2. The fourth-order valence-electron chi connectivity index (χ4n) is 2.75. The highest BCUT2D eigenvalue weighted by atomic mass is 35.5. The van der Waals surface area contributed by atoms with Gasteiger partial charge in [-0.2, -0.15) is 0 Å². The van der Waals surface area contributed by atoms with Crippen LogP contribution in [0.5, 0.6) is 0 Å². The number of carbonyl (C=O) groups excluding carboxylic acids is 2. The first-order chi connectivity index (χ1) is 12.0. The van der Waals surface area contributed by atoms with E-state index in [4.69, 9.17) is 27.9 Å². The lowest BCUT2D eigenvalue weighted by Crippen LogP contribution is -2.43. The lowest BCUT2D eigenvalue weighted by molar-refractivity contribution is -0.126. The van der Waals surface area contributed by atoms with Crippen molar-refractivity contribution in [2.24, 2.45) is 5.92 Å². The molecule has 25 heavy (non-hydrogen) atoms. The summed E-state index contributed by atoms with van der Waals surface area (Å²) in [6, 6.07) is 4.98. The molecule has 6 nitrogen and oxygen atoms in total. The molecule has 2 N–H and O–H groups in total. The number of methoxy groups -OCH3 is 1. The van der Waals surface area contributed by atoms with Gasteiger partial charge >= 0.3 is 0 Å². The first-order valence-corrected chi connectivity index (χ1v) is 8.99. The van der Waals surface area contributed by atoms with Crippen molar-refractivity contribution in [3.8, 4) is 0 Å². The van der Waals surface area contributed by atoms with Gasteiger partial charge in [0.1, 0.15) is 0 Å². The van der Waals surface area contributed by atoms with Gasteiger partial charge in [-0.05, 0) is 44.1 Å². The zero-order valence-electron chi connectivity index (χ0n) is 14.2. The van der Waals surface area contributed by atoms with Crippen molar-refractivity contribution in [2.75, 3.05) is 45.2 Å². The Bertz CT molecular complexity index is 605. The number of piperidine rings is 1. The van der Waals surface area contributed by atoms with Crippen LogP contribution in [0.1, 0.15) is 12.8 Å². The largest absolute Gasteiger partial charge is 0.383 e. The van der Waals surface area contributed by atoms with E-state index in [1.807, 2.05) is 4.90 Å². The topological polar surface area (TPSA) is 70.7 Å². The summed E-state index contributed by atoms with van der Waals surface area (Å²) >= 11 is 11.8. The molecule has 1 aromatic rings. The van der Waals surface area contributed by atoms with Crippen molar-refractivity contribution in [3.63, 3.8) is 0 Å².